The van der Waals surface area contributed by atoms with Gasteiger partial charge in [-0.15, -0.1) is 0 Å². The molecular formula is C16H19N3O2. The molecule has 0 amide bonds. The topological polar surface area (TPSA) is 88.2 Å². The van der Waals surface area contributed by atoms with Gasteiger partial charge in [-0.1, -0.05) is 25.5 Å². The second-order valence-corrected chi connectivity index (χ2v) is 4.89. The minimum atomic E-state index is -1.06. The van der Waals surface area contributed by atoms with Crippen LogP contribution in [0.4, 0.5) is 17.2 Å². The minimum Gasteiger partial charge on any atom is -0.478 e. The lowest BCUT2D eigenvalue weighted by molar-refractivity contribution is 0.0698. The van der Waals surface area contributed by atoms with Crippen LogP contribution in [-0.4, -0.2) is 16.1 Å². The van der Waals surface area contributed by atoms with E-state index in [9.17, 15) is 4.79 Å². The summed E-state index contributed by atoms with van der Waals surface area (Å²) >= 11 is 0. The Labute approximate surface area is 123 Å². The fraction of sp³-hybridized carbons (Fsp3) is 0.250. The van der Waals surface area contributed by atoms with Gasteiger partial charge in [0.15, 0.2) is 0 Å². The number of carbonyl (C=O) groups is 1. The lowest BCUT2D eigenvalue weighted by Gasteiger charge is -2.08. The van der Waals surface area contributed by atoms with Gasteiger partial charge in [-0.3, -0.25) is 0 Å². The average molecular weight is 285 g/mol. The molecule has 110 valence electrons. The number of hydrogen-bond donors (Lipinski definition) is 3. The molecule has 0 unspecified atom stereocenters. The van der Waals surface area contributed by atoms with Crippen molar-refractivity contribution in [2.75, 3.05) is 11.1 Å². The Balaban J connectivity index is 2.11. The number of pyridine rings is 1. The zero-order valence-electron chi connectivity index (χ0n) is 12.0. The first-order valence-corrected chi connectivity index (χ1v) is 6.95. The summed E-state index contributed by atoms with van der Waals surface area (Å²) in [6, 6.07) is 9.48. The maximum Gasteiger partial charge on any atom is 0.337 e. The summed E-state index contributed by atoms with van der Waals surface area (Å²) in [5.74, 6) is -0.601. The Morgan fingerprint density at radius 2 is 2.05 bits per heavy atom. The second-order valence-electron chi connectivity index (χ2n) is 4.89. The molecule has 2 aromatic rings. The number of anilines is 3. The third kappa shape index (κ3) is 3.95. The quantitative estimate of drug-likeness (QED) is 0.756. The van der Waals surface area contributed by atoms with Crippen molar-refractivity contribution in [2.45, 2.75) is 26.2 Å². The summed E-state index contributed by atoms with van der Waals surface area (Å²) < 4.78 is 0. The number of aromatic nitrogens is 1. The van der Waals surface area contributed by atoms with Gasteiger partial charge in [-0.2, -0.15) is 0 Å². The van der Waals surface area contributed by atoms with Gasteiger partial charge in [0.25, 0.3) is 0 Å². The highest BCUT2D eigenvalue weighted by molar-refractivity contribution is 5.94. The molecule has 0 saturated carbocycles. The van der Waals surface area contributed by atoms with Gasteiger partial charge in [0.05, 0.1) is 17.4 Å². The molecule has 0 radical (unpaired) electrons. The Hall–Kier alpha value is -2.56. The molecule has 0 saturated heterocycles. The standard InChI is InChI=1S/C16H19N3O2/c1-2-3-4-11-5-7-12(8-6-11)19-15-9-13(16(20)21)14(17)10-18-15/h5-10H,2-4,17H2,1H3,(H,18,19)(H,20,21). The van der Waals surface area contributed by atoms with Crippen LogP contribution in [0.15, 0.2) is 36.5 Å². The number of nitrogens with two attached hydrogens (primary N) is 1. The number of aromatic carboxylic acids is 1. The molecule has 21 heavy (non-hydrogen) atoms. The largest absolute Gasteiger partial charge is 0.478 e. The van der Waals surface area contributed by atoms with E-state index in [2.05, 4.69) is 29.4 Å². The van der Waals surface area contributed by atoms with Gasteiger partial charge < -0.3 is 16.2 Å². The molecule has 5 nitrogen and oxygen atoms in total. The Morgan fingerprint density at radius 3 is 2.67 bits per heavy atom. The van der Waals surface area contributed by atoms with Crippen LogP contribution >= 0.6 is 0 Å². The number of carboxylic acid groups (broad SMARTS) is 1. The summed E-state index contributed by atoms with van der Waals surface area (Å²) in [6.45, 7) is 2.17. The van der Waals surface area contributed by atoms with E-state index >= 15 is 0 Å². The average Bonchev–Trinajstić information content (AvgIpc) is 2.48. The van der Waals surface area contributed by atoms with E-state index in [4.69, 9.17) is 10.8 Å². The normalized spacial score (nSPS) is 10.3. The Morgan fingerprint density at radius 1 is 1.33 bits per heavy atom. The van der Waals surface area contributed by atoms with E-state index in [1.165, 1.54) is 30.7 Å². The molecule has 1 aromatic carbocycles. The highest BCUT2D eigenvalue weighted by Gasteiger charge is 2.09. The molecule has 0 spiro atoms. The van der Waals surface area contributed by atoms with Gasteiger partial charge in [0, 0.05) is 5.69 Å². The molecular weight excluding hydrogens is 266 g/mol. The van der Waals surface area contributed by atoms with Crippen LogP contribution < -0.4 is 11.1 Å². The fourth-order valence-electron chi connectivity index (χ4n) is 2.00. The van der Waals surface area contributed by atoms with Crippen LogP contribution in [-0.2, 0) is 6.42 Å². The molecule has 5 heteroatoms. The van der Waals surface area contributed by atoms with Gasteiger partial charge in [0.2, 0.25) is 0 Å². The number of carboxylic acids is 1. The Bertz CT molecular complexity index is 624. The number of unbranched alkanes of at least 4 members (excludes halogenated alkanes) is 1. The monoisotopic (exact) mass is 285 g/mol. The maximum atomic E-state index is 11.0. The first-order chi connectivity index (χ1) is 10.1. The third-order valence-electron chi connectivity index (χ3n) is 3.21. The molecule has 1 aromatic heterocycles. The fourth-order valence-corrected chi connectivity index (χ4v) is 2.00. The first-order valence-electron chi connectivity index (χ1n) is 6.95. The zero-order valence-corrected chi connectivity index (χ0v) is 12.0. The summed E-state index contributed by atoms with van der Waals surface area (Å²) in [5.41, 5.74) is 7.94. The van der Waals surface area contributed by atoms with Crippen molar-refractivity contribution in [3.63, 3.8) is 0 Å². The minimum absolute atomic E-state index is 0.0482. The van der Waals surface area contributed by atoms with Crippen LogP contribution in [0, 0.1) is 0 Å². The predicted molar refractivity (Wildman–Crippen MR) is 83.9 cm³/mol. The maximum absolute atomic E-state index is 11.0. The number of nitrogen functional groups attached to an aromatic ring is 1. The lowest BCUT2D eigenvalue weighted by Crippen LogP contribution is -2.05. The van der Waals surface area contributed by atoms with E-state index in [1.54, 1.807) is 0 Å². The summed E-state index contributed by atoms with van der Waals surface area (Å²) in [7, 11) is 0. The molecule has 0 aliphatic rings. The highest BCUT2D eigenvalue weighted by atomic mass is 16.4. The van der Waals surface area contributed by atoms with Crippen molar-refractivity contribution in [1.82, 2.24) is 4.98 Å². The number of hydrogen-bond acceptors (Lipinski definition) is 4. The van der Waals surface area contributed by atoms with Gasteiger partial charge in [0.1, 0.15) is 5.82 Å². The molecule has 2 rings (SSSR count). The molecule has 0 fully saturated rings. The third-order valence-corrected chi connectivity index (χ3v) is 3.21. The summed E-state index contributed by atoms with van der Waals surface area (Å²) in [5, 5.41) is 12.1. The molecule has 0 atom stereocenters. The van der Waals surface area contributed by atoms with Crippen LogP contribution in [0.1, 0.15) is 35.7 Å². The van der Waals surface area contributed by atoms with Crippen LogP contribution in [0.2, 0.25) is 0 Å². The molecule has 1 heterocycles. The number of rotatable bonds is 6. The number of benzene rings is 1. The highest BCUT2D eigenvalue weighted by Crippen LogP contribution is 2.20. The predicted octanol–water partition coefficient (Wildman–Crippen LogP) is 3.45. The SMILES string of the molecule is CCCCc1ccc(Nc2cc(C(=O)O)c(N)cn2)cc1. The second kappa shape index (κ2) is 6.74. The van der Waals surface area contributed by atoms with Crippen molar-refractivity contribution < 1.29 is 9.90 Å². The van der Waals surface area contributed by atoms with Gasteiger partial charge in [-0.05, 0) is 36.6 Å². The van der Waals surface area contributed by atoms with Crippen LogP contribution in [0.5, 0.6) is 0 Å². The van der Waals surface area contributed by atoms with Crippen molar-refractivity contribution in [1.29, 1.82) is 0 Å². The Kier molecular flexibility index (Phi) is 4.77. The van der Waals surface area contributed by atoms with Crippen molar-refractivity contribution in [3.05, 3.63) is 47.7 Å². The summed E-state index contributed by atoms with van der Waals surface area (Å²) in [4.78, 5) is 15.1. The molecule has 0 bridgehead atoms. The van der Waals surface area contributed by atoms with E-state index in [1.807, 2.05) is 12.1 Å². The van der Waals surface area contributed by atoms with Crippen LogP contribution in [0.25, 0.3) is 0 Å². The number of nitrogens with one attached hydrogen (secondary N) is 1. The van der Waals surface area contributed by atoms with Crippen molar-refractivity contribution in [2.24, 2.45) is 0 Å². The van der Waals surface area contributed by atoms with Crippen molar-refractivity contribution >= 4 is 23.2 Å². The van der Waals surface area contributed by atoms with Gasteiger partial charge in [-0.25, -0.2) is 9.78 Å². The number of nitrogens with zero attached hydrogens (tertiary/aromatic N) is 1. The molecule has 4 N–H and O–H groups in total. The lowest BCUT2D eigenvalue weighted by atomic mass is 10.1. The smallest absolute Gasteiger partial charge is 0.337 e. The van der Waals surface area contributed by atoms with E-state index < -0.39 is 5.97 Å². The first kappa shape index (κ1) is 14.8. The molecule has 0 aliphatic heterocycles. The van der Waals surface area contributed by atoms with E-state index in [-0.39, 0.29) is 11.3 Å². The number of aryl methyl sites for hydroxylation is 1. The van der Waals surface area contributed by atoms with Gasteiger partial charge >= 0.3 is 5.97 Å². The van der Waals surface area contributed by atoms with Crippen molar-refractivity contribution in [3.8, 4) is 0 Å². The van der Waals surface area contributed by atoms with E-state index in [0.717, 1.165) is 12.1 Å². The van der Waals surface area contributed by atoms with Crippen LogP contribution in [0.3, 0.4) is 0 Å². The zero-order chi connectivity index (χ0) is 15.2. The van der Waals surface area contributed by atoms with E-state index in [0.29, 0.717) is 5.82 Å². The summed E-state index contributed by atoms with van der Waals surface area (Å²) in [6.07, 6.45) is 4.77. The molecule has 0 aliphatic carbocycles.